The molecular formula is C17H20N2O5. The predicted octanol–water partition coefficient (Wildman–Crippen LogP) is 1.46. The SMILES string of the molecule is CC(C)n1c(=O)[nH]c2cc(C(=O)OCC3(C)COC3)ccc2c1=O. The van der Waals surface area contributed by atoms with Crippen LogP contribution in [0.25, 0.3) is 10.9 Å². The summed E-state index contributed by atoms with van der Waals surface area (Å²) in [6, 6.07) is 4.30. The molecule has 0 bridgehead atoms. The van der Waals surface area contributed by atoms with Crippen LogP contribution in [-0.4, -0.2) is 35.3 Å². The van der Waals surface area contributed by atoms with Crippen molar-refractivity contribution in [2.75, 3.05) is 19.8 Å². The van der Waals surface area contributed by atoms with Crippen molar-refractivity contribution in [3.63, 3.8) is 0 Å². The molecule has 0 amide bonds. The molecule has 7 heteroatoms. The average molecular weight is 332 g/mol. The van der Waals surface area contributed by atoms with E-state index in [-0.39, 0.29) is 23.6 Å². The number of hydrogen-bond donors (Lipinski definition) is 1. The number of carbonyl (C=O) groups is 1. The molecule has 1 saturated heterocycles. The second-order valence-corrected chi connectivity index (χ2v) is 6.84. The summed E-state index contributed by atoms with van der Waals surface area (Å²) in [5.74, 6) is -0.487. The molecule has 0 unspecified atom stereocenters. The van der Waals surface area contributed by atoms with Crippen molar-refractivity contribution < 1.29 is 14.3 Å². The summed E-state index contributed by atoms with van der Waals surface area (Å²) < 4.78 is 11.6. The number of hydrogen-bond acceptors (Lipinski definition) is 5. The predicted molar refractivity (Wildman–Crippen MR) is 88.4 cm³/mol. The molecule has 1 aliphatic rings. The van der Waals surface area contributed by atoms with E-state index in [2.05, 4.69) is 4.98 Å². The van der Waals surface area contributed by atoms with Crippen molar-refractivity contribution in [1.82, 2.24) is 9.55 Å². The molecule has 1 fully saturated rings. The number of carbonyl (C=O) groups excluding carboxylic acids is 1. The largest absolute Gasteiger partial charge is 0.461 e. The van der Waals surface area contributed by atoms with Crippen LogP contribution in [0.2, 0.25) is 0 Å². The zero-order valence-electron chi connectivity index (χ0n) is 13.9. The average Bonchev–Trinajstić information content (AvgIpc) is 2.49. The number of aromatic amines is 1. The summed E-state index contributed by atoms with van der Waals surface area (Å²) in [7, 11) is 0. The van der Waals surface area contributed by atoms with Crippen LogP contribution in [0.1, 0.15) is 37.2 Å². The van der Waals surface area contributed by atoms with Gasteiger partial charge in [-0.2, -0.15) is 0 Å². The van der Waals surface area contributed by atoms with Crippen LogP contribution in [-0.2, 0) is 9.47 Å². The fourth-order valence-electron chi connectivity index (χ4n) is 2.68. The van der Waals surface area contributed by atoms with E-state index in [4.69, 9.17) is 9.47 Å². The molecule has 1 aliphatic heterocycles. The number of rotatable bonds is 4. The van der Waals surface area contributed by atoms with E-state index in [1.807, 2.05) is 6.92 Å². The molecule has 128 valence electrons. The number of nitrogens with one attached hydrogen (secondary N) is 1. The highest BCUT2D eigenvalue weighted by Gasteiger charge is 2.35. The first-order valence-corrected chi connectivity index (χ1v) is 7.84. The van der Waals surface area contributed by atoms with Gasteiger partial charge in [0.1, 0.15) is 6.61 Å². The summed E-state index contributed by atoms with van der Waals surface area (Å²) in [5.41, 5.74) is -0.376. The van der Waals surface area contributed by atoms with Crippen molar-refractivity contribution >= 4 is 16.9 Å². The Bertz CT molecular complexity index is 905. The molecule has 3 rings (SSSR count). The molecule has 0 spiro atoms. The summed E-state index contributed by atoms with van der Waals surface area (Å²) in [4.78, 5) is 39.3. The Labute approximate surface area is 138 Å². The second-order valence-electron chi connectivity index (χ2n) is 6.84. The number of nitrogens with zero attached hydrogens (tertiary/aromatic N) is 1. The fraction of sp³-hybridized carbons (Fsp3) is 0.471. The van der Waals surface area contributed by atoms with Crippen LogP contribution in [0.15, 0.2) is 27.8 Å². The van der Waals surface area contributed by atoms with Crippen LogP contribution in [0.4, 0.5) is 0 Å². The molecule has 0 atom stereocenters. The summed E-state index contributed by atoms with van der Waals surface area (Å²) in [6.07, 6.45) is 0. The van der Waals surface area contributed by atoms with Crippen LogP contribution in [0.3, 0.4) is 0 Å². The highest BCUT2D eigenvalue weighted by Crippen LogP contribution is 2.27. The maximum atomic E-state index is 12.4. The maximum Gasteiger partial charge on any atom is 0.338 e. The Morgan fingerprint density at radius 1 is 1.38 bits per heavy atom. The quantitative estimate of drug-likeness (QED) is 0.856. The normalized spacial score (nSPS) is 16.2. The third kappa shape index (κ3) is 2.87. The van der Waals surface area contributed by atoms with Gasteiger partial charge in [-0.3, -0.25) is 9.36 Å². The van der Waals surface area contributed by atoms with Gasteiger partial charge in [-0.25, -0.2) is 9.59 Å². The highest BCUT2D eigenvalue weighted by molar-refractivity contribution is 5.94. The highest BCUT2D eigenvalue weighted by atomic mass is 16.5. The zero-order valence-corrected chi connectivity index (χ0v) is 13.9. The molecule has 7 nitrogen and oxygen atoms in total. The van der Waals surface area contributed by atoms with Gasteiger partial charge in [0, 0.05) is 11.5 Å². The van der Waals surface area contributed by atoms with Crippen LogP contribution in [0.5, 0.6) is 0 Å². The Morgan fingerprint density at radius 3 is 2.67 bits per heavy atom. The van der Waals surface area contributed by atoms with Crippen molar-refractivity contribution in [2.24, 2.45) is 5.41 Å². The molecule has 24 heavy (non-hydrogen) atoms. The number of esters is 1. The Balaban J connectivity index is 1.91. The van der Waals surface area contributed by atoms with Gasteiger partial charge in [-0.05, 0) is 32.0 Å². The van der Waals surface area contributed by atoms with E-state index in [1.165, 1.54) is 18.2 Å². The lowest BCUT2D eigenvalue weighted by molar-refractivity contribution is -0.127. The smallest absolute Gasteiger partial charge is 0.338 e. The topological polar surface area (TPSA) is 90.4 Å². The van der Waals surface area contributed by atoms with Crippen LogP contribution in [0, 0.1) is 5.41 Å². The van der Waals surface area contributed by atoms with Crippen molar-refractivity contribution in [3.8, 4) is 0 Å². The third-order valence-electron chi connectivity index (χ3n) is 4.13. The standard InChI is InChI=1S/C17H20N2O5/c1-10(2)19-14(20)12-5-4-11(6-13(12)18-16(19)22)15(21)24-9-17(3)7-23-8-17/h4-6,10H,7-9H2,1-3H3,(H,18,22). The summed E-state index contributed by atoms with van der Waals surface area (Å²) >= 11 is 0. The molecular weight excluding hydrogens is 312 g/mol. The first-order valence-electron chi connectivity index (χ1n) is 7.84. The number of H-pyrrole nitrogens is 1. The maximum absolute atomic E-state index is 12.4. The van der Waals surface area contributed by atoms with Crippen LogP contribution >= 0.6 is 0 Å². The molecule has 0 radical (unpaired) electrons. The first kappa shape index (κ1) is 16.4. The lowest BCUT2D eigenvalue weighted by Gasteiger charge is -2.37. The number of aromatic nitrogens is 2. The van der Waals surface area contributed by atoms with E-state index in [0.717, 1.165) is 4.57 Å². The van der Waals surface area contributed by atoms with Gasteiger partial charge in [0.2, 0.25) is 0 Å². The van der Waals surface area contributed by atoms with Crippen molar-refractivity contribution in [3.05, 3.63) is 44.6 Å². The number of benzene rings is 1. The monoisotopic (exact) mass is 332 g/mol. The summed E-state index contributed by atoms with van der Waals surface area (Å²) in [6.45, 7) is 6.92. The van der Waals surface area contributed by atoms with E-state index in [9.17, 15) is 14.4 Å². The Hall–Kier alpha value is -2.41. The molecule has 2 aromatic rings. The molecule has 1 N–H and O–H groups in total. The van der Waals surface area contributed by atoms with Gasteiger partial charge >= 0.3 is 11.7 Å². The second kappa shape index (κ2) is 5.90. The number of ether oxygens (including phenoxy) is 2. The molecule has 0 aliphatic carbocycles. The van der Waals surface area contributed by atoms with E-state index >= 15 is 0 Å². The summed E-state index contributed by atoms with van der Waals surface area (Å²) in [5, 5.41) is 0.360. The van der Waals surface area contributed by atoms with E-state index < -0.39 is 11.7 Å². The van der Waals surface area contributed by atoms with Crippen molar-refractivity contribution in [2.45, 2.75) is 26.8 Å². The third-order valence-corrected chi connectivity index (χ3v) is 4.13. The van der Waals surface area contributed by atoms with Gasteiger partial charge in [0.25, 0.3) is 5.56 Å². The first-order chi connectivity index (χ1) is 11.3. The Morgan fingerprint density at radius 2 is 2.08 bits per heavy atom. The molecule has 2 heterocycles. The minimum Gasteiger partial charge on any atom is -0.461 e. The van der Waals surface area contributed by atoms with E-state index in [1.54, 1.807) is 13.8 Å². The van der Waals surface area contributed by atoms with E-state index in [0.29, 0.717) is 29.7 Å². The van der Waals surface area contributed by atoms with Gasteiger partial charge in [0.05, 0.1) is 29.7 Å². The molecule has 0 saturated carbocycles. The van der Waals surface area contributed by atoms with Gasteiger partial charge in [0.15, 0.2) is 0 Å². The number of fused-ring (bicyclic) bond motifs is 1. The zero-order chi connectivity index (χ0) is 17.5. The molecule has 1 aromatic heterocycles. The van der Waals surface area contributed by atoms with Crippen molar-refractivity contribution in [1.29, 1.82) is 0 Å². The van der Waals surface area contributed by atoms with Crippen LogP contribution < -0.4 is 11.2 Å². The van der Waals surface area contributed by atoms with Gasteiger partial charge < -0.3 is 14.5 Å². The Kier molecular flexibility index (Phi) is 4.04. The fourth-order valence-corrected chi connectivity index (χ4v) is 2.68. The minimum absolute atomic E-state index is 0.133. The lowest BCUT2D eigenvalue weighted by atomic mass is 9.90. The minimum atomic E-state index is -0.493. The lowest BCUT2D eigenvalue weighted by Crippen LogP contribution is -2.44. The molecule has 1 aromatic carbocycles. The van der Waals surface area contributed by atoms with Gasteiger partial charge in [-0.1, -0.05) is 6.92 Å². The van der Waals surface area contributed by atoms with Gasteiger partial charge in [-0.15, -0.1) is 0 Å².